The minimum absolute atomic E-state index is 0.180. The second kappa shape index (κ2) is 7.07. The van der Waals surface area contributed by atoms with Gasteiger partial charge in [0, 0.05) is 11.7 Å². The average molecular weight is 292 g/mol. The second-order valence-electron chi connectivity index (χ2n) is 6.67. The van der Waals surface area contributed by atoms with E-state index in [0.717, 1.165) is 11.7 Å². The van der Waals surface area contributed by atoms with Crippen LogP contribution in [-0.4, -0.2) is 14.0 Å². The minimum atomic E-state index is -1.66. The van der Waals surface area contributed by atoms with Gasteiger partial charge in [0.25, 0.3) is 0 Å². The molecule has 3 heteroatoms. The molecule has 2 nitrogen and oxygen atoms in total. The Morgan fingerprint density at radius 1 is 0.950 bits per heavy atom. The van der Waals surface area contributed by atoms with Gasteiger partial charge in [-0.3, -0.25) is 4.79 Å². The number of para-hydroxylation sites is 1. The van der Waals surface area contributed by atoms with E-state index in [4.69, 9.17) is 0 Å². The number of amides is 1. The molecule has 0 atom stereocenters. The number of carbonyl (C=O) groups excluding carboxylic acids is 1. The first-order valence-corrected chi connectivity index (χ1v) is 10.1. The molecule has 1 amide bonds. The Morgan fingerprint density at radius 2 is 1.40 bits per heavy atom. The van der Waals surface area contributed by atoms with Gasteiger partial charge < -0.3 is 5.32 Å². The zero-order valence-electron chi connectivity index (χ0n) is 13.7. The molecule has 1 N–H and O–H groups in total. The molecule has 0 aliphatic carbocycles. The molecule has 0 saturated carbocycles. The van der Waals surface area contributed by atoms with Crippen LogP contribution in [0.3, 0.4) is 0 Å². The highest BCUT2D eigenvalue weighted by Crippen LogP contribution is 2.44. The first-order valence-electron chi connectivity index (χ1n) is 7.65. The zero-order valence-corrected chi connectivity index (χ0v) is 14.7. The number of hydrogen-bond donors (Lipinski definition) is 1. The third kappa shape index (κ3) is 3.72. The number of hydrogen-bond acceptors (Lipinski definition) is 1. The fourth-order valence-electron chi connectivity index (χ4n) is 3.62. The fourth-order valence-corrected chi connectivity index (χ4v) is 9.49. The molecule has 112 valence electrons. The molecule has 1 aromatic carbocycles. The molecule has 0 unspecified atom stereocenters. The van der Waals surface area contributed by atoms with E-state index in [9.17, 15) is 4.79 Å². The lowest BCUT2D eigenvalue weighted by atomic mass is 10.3. The molecule has 0 radical (unpaired) electrons. The van der Waals surface area contributed by atoms with Crippen molar-refractivity contribution in [3.8, 4) is 0 Å². The molecule has 0 saturated heterocycles. The topological polar surface area (TPSA) is 29.1 Å². The first kappa shape index (κ1) is 17.0. The molecular weight excluding hydrogens is 262 g/mol. The van der Waals surface area contributed by atoms with E-state index in [2.05, 4.69) is 46.9 Å². The van der Waals surface area contributed by atoms with Gasteiger partial charge in [-0.1, -0.05) is 76.4 Å². The van der Waals surface area contributed by atoms with Crippen molar-refractivity contribution in [2.75, 3.05) is 5.32 Å². The summed E-state index contributed by atoms with van der Waals surface area (Å²) >= 11 is 0. The maximum Gasteiger partial charge on any atom is 0.221 e. The Labute approximate surface area is 125 Å². The van der Waals surface area contributed by atoms with Crippen LogP contribution in [0.15, 0.2) is 30.3 Å². The molecule has 0 bridgehead atoms. The third-order valence-electron chi connectivity index (χ3n) is 4.75. The van der Waals surface area contributed by atoms with Gasteiger partial charge in [-0.05, 0) is 12.1 Å². The molecule has 1 aromatic rings. The number of nitrogens with one attached hydrogen (secondary N) is 1. The molecule has 0 heterocycles. The van der Waals surface area contributed by atoms with Crippen LogP contribution in [0, 0.1) is 0 Å². The summed E-state index contributed by atoms with van der Waals surface area (Å²) in [6.07, 6.45) is 0. The summed E-state index contributed by atoms with van der Waals surface area (Å²) in [7, 11) is -1.66. The highest BCUT2D eigenvalue weighted by Gasteiger charge is 2.44. The smallest absolute Gasteiger partial charge is 0.221 e. The summed E-state index contributed by atoms with van der Waals surface area (Å²) in [5.41, 5.74) is 2.74. The monoisotopic (exact) mass is 291 g/mol. The molecule has 0 aromatic heterocycles. The number of benzene rings is 1. The van der Waals surface area contributed by atoms with Crippen molar-refractivity contribution in [1.82, 2.24) is 0 Å². The largest absolute Gasteiger partial charge is 0.326 e. The lowest BCUT2D eigenvalue weighted by Gasteiger charge is -2.42. The number of rotatable bonds is 6. The Hall–Kier alpha value is -1.09. The van der Waals surface area contributed by atoms with Crippen molar-refractivity contribution in [2.24, 2.45) is 0 Å². The Morgan fingerprint density at radius 3 is 1.80 bits per heavy atom. The highest BCUT2D eigenvalue weighted by atomic mass is 28.3. The van der Waals surface area contributed by atoms with Crippen LogP contribution in [0.5, 0.6) is 0 Å². The van der Waals surface area contributed by atoms with Crippen LogP contribution in [0.1, 0.15) is 41.5 Å². The van der Waals surface area contributed by atoms with Gasteiger partial charge in [0.1, 0.15) is 0 Å². The van der Waals surface area contributed by atoms with E-state index in [0.29, 0.717) is 16.6 Å². The molecule has 20 heavy (non-hydrogen) atoms. The van der Waals surface area contributed by atoms with Crippen LogP contribution in [0.25, 0.3) is 0 Å². The van der Waals surface area contributed by atoms with Gasteiger partial charge >= 0.3 is 0 Å². The summed E-state index contributed by atoms with van der Waals surface area (Å²) < 4.78 is 0. The fraction of sp³-hybridized carbons (Fsp3) is 0.588. The van der Waals surface area contributed by atoms with Gasteiger partial charge in [-0.25, -0.2) is 0 Å². The van der Waals surface area contributed by atoms with E-state index in [-0.39, 0.29) is 5.91 Å². The minimum Gasteiger partial charge on any atom is -0.326 e. The summed E-state index contributed by atoms with van der Waals surface area (Å²) in [6, 6.07) is 10.5. The molecular formula is C17H29NOSi. The second-order valence-corrected chi connectivity index (χ2v) is 12.7. The van der Waals surface area contributed by atoms with Crippen molar-refractivity contribution in [2.45, 2.75) is 64.2 Å². The predicted molar refractivity (Wildman–Crippen MR) is 90.9 cm³/mol. The van der Waals surface area contributed by atoms with E-state index in [1.165, 1.54) is 0 Å². The summed E-state index contributed by atoms with van der Waals surface area (Å²) in [5, 5.41) is 3.06. The summed E-state index contributed by atoms with van der Waals surface area (Å²) in [6.45, 7) is 13.8. The Bertz CT molecular complexity index is 404. The van der Waals surface area contributed by atoms with Gasteiger partial charge in [0.05, 0.1) is 8.07 Å². The van der Waals surface area contributed by atoms with Crippen molar-refractivity contribution in [3.05, 3.63) is 30.3 Å². The van der Waals surface area contributed by atoms with Crippen LogP contribution < -0.4 is 5.32 Å². The first-order chi connectivity index (χ1) is 9.30. The van der Waals surface area contributed by atoms with E-state index in [1.54, 1.807) is 0 Å². The maximum absolute atomic E-state index is 12.5. The Kier molecular flexibility index (Phi) is 6.00. The van der Waals surface area contributed by atoms with Crippen LogP contribution >= 0.6 is 0 Å². The normalized spacial score (nSPS) is 12.2. The molecule has 0 fully saturated rings. The van der Waals surface area contributed by atoms with Crippen molar-refractivity contribution in [3.63, 3.8) is 0 Å². The lowest BCUT2D eigenvalue weighted by molar-refractivity contribution is -0.114. The molecule has 0 aliphatic heterocycles. The average Bonchev–Trinajstić information content (AvgIpc) is 2.35. The van der Waals surface area contributed by atoms with Crippen molar-refractivity contribution < 1.29 is 4.79 Å². The van der Waals surface area contributed by atoms with Crippen LogP contribution in [0.4, 0.5) is 5.69 Å². The quantitative estimate of drug-likeness (QED) is 0.708. The van der Waals surface area contributed by atoms with Gasteiger partial charge in [0.2, 0.25) is 5.91 Å². The Balaban J connectivity index is 2.88. The van der Waals surface area contributed by atoms with Crippen molar-refractivity contribution >= 4 is 19.7 Å². The van der Waals surface area contributed by atoms with E-state index >= 15 is 0 Å². The molecule has 1 rings (SSSR count). The standard InChI is InChI=1S/C17H29NOSi/c1-13(2)20(14(3)4,15(5)6)12-17(19)18-16-10-8-7-9-11-16/h7-11,13-15H,12H2,1-6H3,(H,18,19). The van der Waals surface area contributed by atoms with Gasteiger partial charge in [-0.15, -0.1) is 0 Å². The summed E-state index contributed by atoms with van der Waals surface area (Å²) in [4.78, 5) is 12.5. The van der Waals surface area contributed by atoms with E-state index in [1.807, 2.05) is 30.3 Å². The van der Waals surface area contributed by atoms with Crippen molar-refractivity contribution in [1.29, 1.82) is 0 Å². The molecule has 0 aliphatic rings. The zero-order chi connectivity index (χ0) is 15.3. The summed E-state index contributed by atoms with van der Waals surface area (Å²) in [5.74, 6) is 0.180. The third-order valence-corrected chi connectivity index (χ3v) is 12.1. The van der Waals surface area contributed by atoms with Crippen LogP contribution in [-0.2, 0) is 4.79 Å². The SMILES string of the molecule is CC(C)[Si](CC(=O)Nc1ccccc1)(C(C)C)C(C)C. The predicted octanol–water partition coefficient (Wildman–Crippen LogP) is 5.30. The maximum atomic E-state index is 12.5. The molecule has 0 spiro atoms. The van der Waals surface area contributed by atoms with E-state index < -0.39 is 8.07 Å². The number of carbonyl (C=O) groups is 1. The van der Waals surface area contributed by atoms with Gasteiger partial charge in [0.15, 0.2) is 0 Å². The highest BCUT2D eigenvalue weighted by molar-refractivity contribution is 6.85. The lowest BCUT2D eigenvalue weighted by Crippen LogP contribution is -2.47. The van der Waals surface area contributed by atoms with Crippen LogP contribution in [0.2, 0.25) is 22.7 Å². The number of anilines is 1. The van der Waals surface area contributed by atoms with Gasteiger partial charge in [-0.2, -0.15) is 0 Å².